The number of carbonyl (C=O) groups excluding carboxylic acids is 1. The van der Waals surface area contributed by atoms with Gasteiger partial charge in [0.05, 0.1) is 0 Å². The Hall–Kier alpha value is -0.610. The zero-order valence-corrected chi connectivity index (χ0v) is 6.68. The Labute approximate surface area is 66.7 Å². The molecule has 0 atom stereocenters. The lowest BCUT2D eigenvalue weighted by atomic mass is 10.4. The third-order valence-electron chi connectivity index (χ3n) is 1.76. The van der Waals surface area contributed by atoms with Crippen molar-refractivity contribution < 1.29 is 4.79 Å². The first kappa shape index (κ1) is 8.49. The van der Waals surface area contributed by atoms with E-state index in [1.807, 2.05) is 5.01 Å². The van der Waals surface area contributed by atoms with Crippen molar-refractivity contribution in [1.82, 2.24) is 10.4 Å². The van der Waals surface area contributed by atoms with Gasteiger partial charge in [0.25, 0.3) is 0 Å². The molecule has 0 spiro atoms. The molecule has 0 radical (unpaired) electrons. The second-order valence-electron chi connectivity index (χ2n) is 2.77. The van der Waals surface area contributed by atoms with Gasteiger partial charge in [0.2, 0.25) is 5.91 Å². The van der Waals surface area contributed by atoms with Crippen molar-refractivity contribution in [2.24, 2.45) is 5.73 Å². The number of hydrogen-bond donors (Lipinski definition) is 2. The first-order chi connectivity index (χ1) is 5.33. The quantitative estimate of drug-likeness (QED) is 0.578. The summed E-state index contributed by atoms with van der Waals surface area (Å²) in [7, 11) is 0. The third kappa shape index (κ3) is 2.86. The molecular weight excluding hydrogens is 142 g/mol. The van der Waals surface area contributed by atoms with E-state index in [-0.39, 0.29) is 5.91 Å². The number of amides is 1. The Morgan fingerprint density at radius 2 is 2.09 bits per heavy atom. The zero-order valence-electron chi connectivity index (χ0n) is 6.68. The van der Waals surface area contributed by atoms with Crippen molar-refractivity contribution in [2.75, 3.05) is 19.6 Å². The van der Waals surface area contributed by atoms with E-state index in [9.17, 15) is 4.79 Å². The highest BCUT2D eigenvalue weighted by Crippen LogP contribution is 2.03. The van der Waals surface area contributed by atoms with E-state index >= 15 is 0 Å². The van der Waals surface area contributed by atoms with Crippen LogP contribution in [-0.4, -0.2) is 30.6 Å². The normalized spacial score (nSPS) is 18.6. The van der Waals surface area contributed by atoms with Gasteiger partial charge in [-0.05, 0) is 12.8 Å². The maximum absolute atomic E-state index is 11.0. The number of nitrogens with one attached hydrogen (secondary N) is 1. The van der Waals surface area contributed by atoms with Crippen LogP contribution in [0.4, 0.5) is 0 Å². The molecule has 4 nitrogen and oxygen atoms in total. The number of hydrazine groups is 1. The summed E-state index contributed by atoms with van der Waals surface area (Å²) in [4.78, 5) is 11.0. The zero-order chi connectivity index (χ0) is 8.10. The first-order valence-electron chi connectivity index (χ1n) is 4.07. The topological polar surface area (TPSA) is 58.4 Å². The molecule has 1 heterocycles. The molecule has 0 aromatic carbocycles. The van der Waals surface area contributed by atoms with E-state index in [4.69, 9.17) is 5.73 Å². The van der Waals surface area contributed by atoms with Gasteiger partial charge in [-0.15, -0.1) is 0 Å². The minimum atomic E-state index is 0.0365. The fourth-order valence-corrected chi connectivity index (χ4v) is 1.19. The van der Waals surface area contributed by atoms with Gasteiger partial charge >= 0.3 is 0 Å². The van der Waals surface area contributed by atoms with Gasteiger partial charge in [-0.25, -0.2) is 5.01 Å². The molecule has 1 fully saturated rings. The van der Waals surface area contributed by atoms with Crippen LogP contribution in [0.15, 0.2) is 0 Å². The Kier molecular flexibility index (Phi) is 3.32. The van der Waals surface area contributed by atoms with Crippen LogP contribution >= 0.6 is 0 Å². The van der Waals surface area contributed by atoms with Crippen LogP contribution < -0.4 is 11.2 Å². The van der Waals surface area contributed by atoms with Crippen LogP contribution in [-0.2, 0) is 4.79 Å². The lowest BCUT2D eigenvalue weighted by Crippen LogP contribution is -2.40. The minimum absolute atomic E-state index is 0.0365. The summed E-state index contributed by atoms with van der Waals surface area (Å²) in [5.41, 5.74) is 8.02. The monoisotopic (exact) mass is 157 g/mol. The summed E-state index contributed by atoms with van der Waals surface area (Å²) in [6, 6.07) is 0. The van der Waals surface area contributed by atoms with E-state index < -0.39 is 0 Å². The highest BCUT2D eigenvalue weighted by molar-refractivity contribution is 5.75. The van der Waals surface area contributed by atoms with E-state index in [0.717, 1.165) is 13.1 Å². The first-order valence-corrected chi connectivity index (χ1v) is 4.07. The van der Waals surface area contributed by atoms with Gasteiger partial charge < -0.3 is 5.73 Å². The fraction of sp³-hybridized carbons (Fsp3) is 0.857. The van der Waals surface area contributed by atoms with Crippen molar-refractivity contribution in [3.8, 4) is 0 Å². The van der Waals surface area contributed by atoms with E-state index in [2.05, 4.69) is 5.43 Å². The standard InChI is InChI=1S/C7H15N3O/c8-4-3-7(11)9-10-5-1-2-6-10/h1-6,8H2,(H,9,11). The Balaban J connectivity index is 2.13. The van der Waals surface area contributed by atoms with Gasteiger partial charge in [0, 0.05) is 26.1 Å². The van der Waals surface area contributed by atoms with Crippen molar-refractivity contribution >= 4 is 5.91 Å². The average Bonchev–Trinajstić information content (AvgIpc) is 2.40. The number of rotatable bonds is 3. The van der Waals surface area contributed by atoms with Gasteiger partial charge in [0.15, 0.2) is 0 Å². The predicted molar refractivity (Wildman–Crippen MR) is 42.6 cm³/mol. The second kappa shape index (κ2) is 4.31. The molecule has 0 saturated carbocycles. The second-order valence-corrected chi connectivity index (χ2v) is 2.77. The third-order valence-corrected chi connectivity index (χ3v) is 1.76. The molecule has 0 aromatic rings. The highest BCUT2D eigenvalue weighted by atomic mass is 16.2. The van der Waals surface area contributed by atoms with Gasteiger partial charge in [-0.1, -0.05) is 0 Å². The summed E-state index contributed by atoms with van der Waals surface area (Å²) in [5.74, 6) is 0.0365. The number of carbonyl (C=O) groups is 1. The molecule has 64 valence electrons. The molecule has 0 aromatic heterocycles. The van der Waals surface area contributed by atoms with Crippen molar-refractivity contribution in [3.63, 3.8) is 0 Å². The number of nitrogens with two attached hydrogens (primary N) is 1. The van der Waals surface area contributed by atoms with E-state index in [0.29, 0.717) is 13.0 Å². The molecule has 1 saturated heterocycles. The van der Waals surface area contributed by atoms with Crippen LogP contribution in [0.2, 0.25) is 0 Å². The highest BCUT2D eigenvalue weighted by Gasteiger charge is 2.12. The molecule has 1 amide bonds. The van der Waals surface area contributed by atoms with E-state index in [1.54, 1.807) is 0 Å². The molecule has 11 heavy (non-hydrogen) atoms. The lowest BCUT2D eigenvalue weighted by Gasteiger charge is -2.15. The molecule has 1 aliphatic heterocycles. The molecule has 0 aliphatic carbocycles. The van der Waals surface area contributed by atoms with Crippen LogP contribution in [0.5, 0.6) is 0 Å². The predicted octanol–water partition coefficient (Wildman–Crippen LogP) is -0.538. The Bertz CT molecular complexity index is 132. The Morgan fingerprint density at radius 1 is 1.45 bits per heavy atom. The van der Waals surface area contributed by atoms with Gasteiger partial charge in [-0.3, -0.25) is 10.2 Å². The largest absolute Gasteiger partial charge is 0.330 e. The fourth-order valence-electron chi connectivity index (χ4n) is 1.19. The molecular formula is C7H15N3O. The molecule has 0 unspecified atom stereocenters. The summed E-state index contributed by atoms with van der Waals surface area (Å²) < 4.78 is 0. The van der Waals surface area contributed by atoms with Gasteiger partial charge in [-0.2, -0.15) is 0 Å². The lowest BCUT2D eigenvalue weighted by molar-refractivity contribution is -0.125. The SMILES string of the molecule is NCCC(=O)NN1CCCC1. The summed E-state index contributed by atoms with van der Waals surface area (Å²) in [5, 5.41) is 1.96. The number of hydrogen-bond acceptors (Lipinski definition) is 3. The summed E-state index contributed by atoms with van der Waals surface area (Å²) in [6.07, 6.45) is 2.79. The summed E-state index contributed by atoms with van der Waals surface area (Å²) in [6.45, 7) is 2.40. The summed E-state index contributed by atoms with van der Waals surface area (Å²) >= 11 is 0. The number of nitrogens with zero attached hydrogens (tertiary/aromatic N) is 1. The maximum Gasteiger partial charge on any atom is 0.235 e. The van der Waals surface area contributed by atoms with Crippen molar-refractivity contribution in [3.05, 3.63) is 0 Å². The molecule has 1 rings (SSSR count). The van der Waals surface area contributed by atoms with Crippen LogP contribution in [0.3, 0.4) is 0 Å². The van der Waals surface area contributed by atoms with Crippen LogP contribution in [0.25, 0.3) is 0 Å². The molecule has 3 N–H and O–H groups in total. The molecule has 0 bridgehead atoms. The van der Waals surface area contributed by atoms with Crippen molar-refractivity contribution in [1.29, 1.82) is 0 Å². The maximum atomic E-state index is 11.0. The Morgan fingerprint density at radius 3 is 2.64 bits per heavy atom. The minimum Gasteiger partial charge on any atom is -0.330 e. The van der Waals surface area contributed by atoms with Crippen molar-refractivity contribution in [2.45, 2.75) is 19.3 Å². The van der Waals surface area contributed by atoms with Gasteiger partial charge in [0.1, 0.15) is 0 Å². The van der Waals surface area contributed by atoms with Crippen LogP contribution in [0.1, 0.15) is 19.3 Å². The smallest absolute Gasteiger partial charge is 0.235 e. The molecule has 1 aliphatic rings. The van der Waals surface area contributed by atoms with Crippen LogP contribution in [0, 0.1) is 0 Å². The van der Waals surface area contributed by atoms with E-state index in [1.165, 1.54) is 12.8 Å². The molecule has 4 heteroatoms. The average molecular weight is 157 g/mol.